The molecule has 5 aromatic heterocycles. The van der Waals surface area contributed by atoms with E-state index in [0.29, 0.717) is 17.5 Å². The fourth-order valence-electron chi connectivity index (χ4n) is 8.67. The van der Waals surface area contributed by atoms with Gasteiger partial charge in [0.2, 0.25) is 0 Å². The minimum Gasteiger partial charge on any atom is -0.455 e. The molecular formula is C51H32N6O. The lowest BCUT2D eigenvalue weighted by Gasteiger charge is -2.11. The lowest BCUT2D eigenvalue weighted by atomic mass is 10.1. The Morgan fingerprint density at radius 2 is 1.22 bits per heavy atom. The molecule has 0 saturated carbocycles. The Balaban J connectivity index is 1.08. The first-order chi connectivity index (χ1) is 28.8. The topological polar surface area (TPSA) is 74.6 Å². The van der Waals surface area contributed by atoms with Gasteiger partial charge in [-0.25, -0.2) is 19.9 Å². The number of hydrogen-bond acceptors (Lipinski definition) is 5. The molecular weight excluding hydrogens is 713 g/mol. The van der Waals surface area contributed by atoms with Gasteiger partial charge < -0.3 is 8.98 Å². The molecule has 0 spiro atoms. The van der Waals surface area contributed by atoms with Gasteiger partial charge in [-0.05, 0) is 67.1 Å². The van der Waals surface area contributed by atoms with Crippen LogP contribution in [0.15, 0.2) is 174 Å². The van der Waals surface area contributed by atoms with Crippen molar-refractivity contribution in [1.29, 1.82) is 0 Å². The van der Waals surface area contributed by atoms with Crippen LogP contribution in [-0.4, -0.2) is 29.1 Å². The highest BCUT2D eigenvalue weighted by molar-refractivity contribution is 6.22. The highest BCUT2D eigenvalue weighted by Gasteiger charge is 2.24. The normalized spacial score (nSPS) is 12.6. The number of benzene rings is 6. The maximum Gasteiger partial charge on any atom is 0.167 e. The first-order valence-electron chi connectivity index (χ1n) is 19.5. The average molecular weight is 745 g/mol. The molecule has 0 bridgehead atoms. The van der Waals surface area contributed by atoms with Crippen LogP contribution in [0.3, 0.4) is 0 Å². The first kappa shape index (κ1) is 32.4. The number of fused-ring (bicyclic) bond motifs is 10. The van der Waals surface area contributed by atoms with Crippen LogP contribution >= 0.6 is 0 Å². The van der Waals surface area contributed by atoms with Crippen molar-refractivity contribution in [3.8, 4) is 45.5 Å². The maximum absolute atomic E-state index is 6.71. The zero-order chi connectivity index (χ0) is 38.2. The number of aromatic nitrogens is 6. The molecule has 0 radical (unpaired) electrons. The van der Waals surface area contributed by atoms with Gasteiger partial charge in [0, 0.05) is 61.2 Å². The number of nitrogens with zero attached hydrogens (tertiary/aromatic N) is 6. The number of rotatable bonds is 5. The summed E-state index contributed by atoms with van der Waals surface area (Å²) in [7, 11) is 0. The van der Waals surface area contributed by atoms with Crippen LogP contribution in [0.1, 0.15) is 17.7 Å². The molecule has 0 fully saturated rings. The predicted octanol–water partition coefficient (Wildman–Crippen LogP) is 12.6. The summed E-state index contributed by atoms with van der Waals surface area (Å²) < 4.78 is 11.4. The molecule has 6 aromatic carbocycles. The van der Waals surface area contributed by atoms with Crippen molar-refractivity contribution in [3.63, 3.8) is 0 Å². The van der Waals surface area contributed by atoms with E-state index in [-0.39, 0.29) is 0 Å². The van der Waals surface area contributed by atoms with Gasteiger partial charge in [-0.3, -0.25) is 4.57 Å². The molecule has 1 aliphatic rings. The molecule has 7 nitrogen and oxygen atoms in total. The summed E-state index contributed by atoms with van der Waals surface area (Å²) in [5.74, 6) is 1.77. The summed E-state index contributed by atoms with van der Waals surface area (Å²) in [6, 6.07) is 52.1. The second-order valence-corrected chi connectivity index (χ2v) is 14.6. The summed E-state index contributed by atoms with van der Waals surface area (Å²) >= 11 is 0. The molecule has 58 heavy (non-hydrogen) atoms. The standard InChI is InChI=1S/C51H32N6O/c1-5-15-32(16-6-1)48-53-49(33-17-7-2-8-18-33)55-50(54-48)40-23-13-22-38-41-31-35(26-29-44(41)58-47(38)40)57-43-28-27-37-36-21-11-4-12-25-42(36)56(34-19-9-3-10-20-34)46(37)45(43)39-24-14-30-52-51(39)57/h1-3,5-31H,4H2. The smallest absolute Gasteiger partial charge is 0.167 e. The molecule has 0 atom stereocenters. The molecule has 12 rings (SSSR count). The summed E-state index contributed by atoms with van der Waals surface area (Å²) in [5, 5.41) is 5.45. The van der Waals surface area contributed by atoms with Crippen molar-refractivity contribution < 1.29 is 4.42 Å². The molecule has 5 heterocycles. The van der Waals surface area contributed by atoms with Crippen molar-refractivity contribution in [1.82, 2.24) is 29.1 Å². The van der Waals surface area contributed by atoms with Crippen LogP contribution < -0.4 is 0 Å². The number of hydrogen-bond donors (Lipinski definition) is 0. The van der Waals surface area contributed by atoms with Gasteiger partial charge in [0.05, 0.1) is 22.3 Å². The Kier molecular flexibility index (Phi) is 7.16. The molecule has 0 unspecified atom stereocenters. The Bertz CT molecular complexity index is 3410. The molecule has 0 amide bonds. The maximum atomic E-state index is 6.71. The fourth-order valence-corrected chi connectivity index (χ4v) is 8.67. The highest BCUT2D eigenvalue weighted by Crippen LogP contribution is 2.43. The highest BCUT2D eigenvalue weighted by atomic mass is 16.3. The van der Waals surface area contributed by atoms with Gasteiger partial charge in [0.15, 0.2) is 17.5 Å². The molecule has 11 aromatic rings. The minimum atomic E-state index is 0.553. The van der Waals surface area contributed by atoms with Crippen molar-refractivity contribution in [2.45, 2.75) is 6.42 Å². The predicted molar refractivity (Wildman–Crippen MR) is 235 cm³/mol. The number of pyridine rings is 1. The van der Waals surface area contributed by atoms with E-state index in [1.54, 1.807) is 0 Å². The Morgan fingerprint density at radius 3 is 2.00 bits per heavy atom. The second-order valence-electron chi connectivity index (χ2n) is 14.6. The van der Waals surface area contributed by atoms with Crippen molar-refractivity contribution in [2.75, 3.05) is 0 Å². The quantitative estimate of drug-likeness (QED) is 0.175. The van der Waals surface area contributed by atoms with E-state index in [2.05, 4.69) is 112 Å². The molecule has 0 aliphatic heterocycles. The van der Waals surface area contributed by atoms with E-state index >= 15 is 0 Å². The van der Waals surface area contributed by atoms with Crippen LogP contribution in [0.2, 0.25) is 0 Å². The first-order valence-corrected chi connectivity index (χ1v) is 19.5. The third-order valence-corrected chi connectivity index (χ3v) is 11.2. The monoisotopic (exact) mass is 744 g/mol. The Morgan fingerprint density at radius 1 is 0.517 bits per heavy atom. The fraction of sp³-hybridized carbons (Fsp3) is 0.0196. The van der Waals surface area contributed by atoms with E-state index in [1.165, 1.54) is 22.2 Å². The van der Waals surface area contributed by atoms with Gasteiger partial charge in [0.25, 0.3) is 0 Å². The number of allylic oxidation sites excluding steroid dienone is 2. The summed E-state index contributed by atoms with van der Waals surface area (Å²) in [4.78, 5) is 20.0. The zero-order valence-electron chi connectivity index (χ0n) is 31.1. The van der Waals surface area contributed by atoms with Gasteiger partial charge >= 0.3 is 0 Å². The SMILES string of the molecule is C1=Cc2c(n(-c3ccccc3)c3c2ccc2c3c3cccnc3n2-c2ccc3oc4c(-c5nc(-c6ccccc6)nc(-c6ccccc6)n5)cccc4c3c2)C=CC1. The summed E-state index contributed by atoms with van der Waals surface area (Å²) in [6.45, 7) is 0. The molecule has 0 N–H and O–H groups in total. The molecule has 272 valence electrons. The Hall–Kier alpha value is -7.90. The third kappa shape index (κ3) is 4.93. The van der Waals surface area contributed by atoms with Crippen LogP contribution in [0.5, 0.6) is 0 Å². The van der Waals surface area contributed by atoms with E-state index in [1.807, 2.05) is 79.0 Å². The number of para-hydroxylation sites is 2. The van der Waals surface area contributed by atoms with Gasteiger partial charge in [-0.2, -0.15) is 0 Å². The van der Waals surface area contributed by atoms with Crippen molar-refractivity contribution >= 4 is 66.9 Å². The molecule has 0 saturated heterocycles. The molecule has 1 aliphatic carbocycles. The van der Waals surface area contributed by atoms with Crippen LogP contribution in [0.25, 0.3) is 112 Å². The van der Waals surface area contributed by atoms with E-state index in [9.17, 15) is 0 Å². The van der Waals surface area contributed by atoms with Gasteiger partial charge in [-0.15, -0.1) is 0 Å². The van der Waals surface area contributed by atoms with Crippen LogP contribution in [0.4, 0.5) is 0 Å². The lowest BCUT2D eigenvalue weighted by Crippen LogP contribution is -2.00. The third-order valence-electron chi connectivity index (χ3n) is 11.2. The zero-order valence-corrected chi connectivity index (χ0v) is 31.1. The largest absolute Gasteiger partial charge is 0.455 e. The molecule has 7 heteroatoms. The van der Waals surface area contributed by atoms with Crippen molar-refractivity contribution in [2.24, 2.45) is 0 Å². The van der Waals surface area contributed by atoms with E-state index in [4.69, 9.17) is 24.4 Å². The average Bonchev–Trinajstić information content (AvgIpc) is 3.86. The van der Waals surface area contributed by atoms with E-state index in [0.717, 1.165) is 78.4 Å². The minimum absolute atomic E-state index is 0.553. The van der Waals surface area contributed by atoms with Gasteiger partial charge in [-0.1, -0.05) is 115 Å². The van der Waals surface area contributed by atoms with Crippen LogP contribution in [0, 0.1) is 0 Å². The van der Waals surface area contributed by atoms with Crippen molar-refractivity contribution in [3.05, 3.63) is 181 Å². The second kappa shape index (κ2) is 12.8. The van der Waals surface area contributed by atoms with E-state index < -0.39 is 0 Å². The Labute approximate surface area is 332 Å². The summed E-state index contributed by atoms with van der Waals surface area (Å²) in [5.41, 5.74) is 11.8. The van der Waals surface area contributed by atoms with Crippen LogP contribution in [-0.2, 0) is 0 Å². The lowest BCUT2D eigenvalue weighted by molar-refractivity contribution is 0.669. The number of furan rings is 1. The van der Waals surface area contributed by atoms with Gasteiger partial charge in [0.1, 0.15) is 16.8 Å². The summed E-state index contributed by atoms with van der Waals surface area (Å²) in [6.07, 6.45) is 11.8.